The molecule has 1 aliphatic carbocycles. The van der Waals surface area contributed by atoms with E-state index in [0.717, 1.165) is 57.2 Å². The van der Waals surface area contributed by atoms with Crippen LogP contribution in [0.3, 0.4) is 0 Å². The number of halogens is 1. The molecule has 34 heavy (non-hydrogen) atoms. The Morgan fingerprint density at radius 3 is 2.38 bits per heavy atom. The maximum Gasteiger partial charge on any atom is 0.258 e. The van der Waals surface area contributed by atoms with E-state index >= 15 is 0 Å². The molecular formula is C28H31FN4O. The van der Waals surface area contributed by atoms with Crippen molar-refractivity contribution >= 4 is 11.9 Å². The van der Waals surface area contributed by atoms with Crippen LogP contribution in [-0.2, 0) is 6.54 Å². The highest BCUT2D eigenvalue weighted by atomic mass is 19.1. The zero-order valence-electron chi connectivity index (χ0n) is 19.5. The SMILES string of the molecule is O=C(c1cnc(N2CCCCC2)nc1-c1ccccc1F)N(Cc1ccccc1)C1CCCC1. The van der Waals surface area contributed by atoms with Gasteiger partial charge in [0.15, 0.2) is 0 Å². The summed E-state index contributed by atoms with van der Waals surface area (Å²) in [6.07, 6.45) is 9.20. The number of amides is 1. The van der Waals surface area contributed by atoms with Gasteiger partial charge in [0.25, 0.3) is 5.91 Å². The van der Waals surface area contributed by atoms with Crippen molar-refractivity contribution in [3.05, 3.63) is 77.7 Å². The zero-order chi connectivity index (χ0) is 23.3. The molecule has 6 heteroatoms. The first-order valence-corrected chi connectivity index (χ1v) is 12.4. The summed E-state index contributed by atoms with van der Waals surface area (Å²) in [6.45, 7) is 2.29. The van der Waals surface area contributed by atoms with Gasteiger partial charge in [-0.3, -0.25) is 4.79 Å². The molecule has 0 spiro atoms. The molecule has 0 unspecified atom stereocenters. The van der Waals surface area contributed by atoms with Gasteiger partial charge in [-0.1, -0.05) is 55.3 Å². The van der Waals surface area contributed by atoms with Gasteiger partial charge in [-0.25, -0.2) is 14.4 Å². The summed E-state index contributed by atoms with van der Waals surface area (Å²) in [5.74, 6) is 0.0690. The normalized spacial score (nSPS) is 16.6. The third kappa shape index (κ3) is 4.81. The van der Waals surface area contributed by atoms with E-state index in [2.05, 4.69) is 9.88 Å². The molecule has 1 amide bonds. The first-order valence-electron chi connectivity index (χ1n) is 12.4. The lowest BCUT2D eigenvalue weighted by Gasteiger charge is -2.31. The van der Waals surface area contributed by atoms with E-state index in [1.165, 1.54) is 12.5 Å². The van der Waals surface area contributed by atoms with Crippen molar-refractivity contribution in [1.29, 1.82) is 0 Å². The van der Waals surface area contributed by atoms with Gasteiger partial charge in [-0.15, -0.1) is 0 Å². The van der Waals surface area contributed by atoms with Crippen molar-refractivity contribution in [2.24, 2.45) is 0 Å². The first kappa shape index (κ1) is 22.5. The highest BCUT2D eigenvalue weighted by molar-refractivity contribution is 6.00. The fourth-order valence-electron chi connectivity index (χ4n) is 5.15. The van der Waals surface area contributed by atoms with Crippen LogP contribution in [0, 0.1) is 5.82 Å². The number of carbonyl (C=O) groups excluding carboxylic acids is 1. The van der Waals surface area contributed by atoms with Crippen molar-refractivity contribution in [2.45, 2.75) is 57.5 Å². The second kappa shape index (κ2) is 10.3. The Balaban J connectivity index is 1.56. The molecule has 2 aromatic carbocycles. The molecule has 2 fully saturated rings. The van der Waals surface area contributed by atoms with Crippen molar-refractivity contribution in [1.82, 2.24) is 14.9 Å². The van der Waals surface area contributed by atoms with Crippen LogP contribution in [0.15, 0.2) is 60.8 Å². The minimum absolute atomic E-state index is 0.126. The summed E-state index contributed by atoms with van der Waals surface area (Å²) >= 11 is 0. The number of benzene rings is 2. The van der Waals surface area contributed by atoms with E-state index in [4.69, 9.17) is 4.98 Å². The molecule has 1 saturated heterocycles. The second-order valence-electron chi connectivity index (χ2n) is 9.32. The number of hydrogen-bond acceptors (Lipinski definition) is 4. The number of carbonyl (C=O) groups is 1. The lowest BCUT2D eigenvalue weighted by molar-refractivity contribution is 0.0664. The molecule has 0 radical (unpaired) electrons. The molecule has 0 atom stereocenters. The van der Waals surface area contributed by atoms with Crippen LogP contribution in [-0.4, -0.2) is 39.9 Å². The van der Waals surface area contributed by atoms with Gasteiger partial charge in [-0.2, -0.15) is 0 Å². The molecule has 2 aliphatic rings. The summed E-state index contributed by atoms with van der Waals surface area (Å²) in [5, 5.41) is 0. The third-order valence-electron chi connectivity index (χ3n) is 7.00. The highest BCUT2D eigenvalue weighted by Crippen LogP contribution is 2.31. The lowest BCUT2D eigenvalue weighted by atomic mass is 10.0. The van der Waals surface area contributed by atoms with Gasteiger partial charge in [0.05, 0.1) is 11.3 Å². The molecular weight excluding hydrogens is 427 g/mol. The fourth-order valence-corrected chi connectivity index (χ4v) is 5.15. The van der Waals surface area contributed by atoms with E-state index in [1.54, 1.807) is 24.4 Å². The molecule has 1 aliphatic heterocycles. The minimum Gasteiger partial charge on any atom is -0.341 e. The lowest BCUT2D eigenvalue weighted by Crippen LogP contribution is -2.39. The van der Waals surface area contributed by atoms with Crippen LogP contribution in [0.4, 0.5) is 10.3 Å². The van der Waals surface area contributed by atoms with Gasteiger partial charge in [0.2, 0.25) is 5.95 Å². The molecule has 0 N–H and O–H groups in total. The minimum atomic E-state index is -0.379. The Labute approximate surface area is 200 Å². The maximum absolute atomic E-state index is 14.9. The van der Waals surface area contributed by atoms with Gasteiger partial charge < -0.3 is 9.80 Å². The fraction of sp³-hybridized carbons (Fsp3) is 0.393. The number of aromatic nitrogens is 2. The number of piperidine rings is 1. The topological polar surface area (TPSA) is 49.3 Å². The van der Waals surface area contributed by atoms with Crippen LogP contribution in [0.25, 0.3) is 11.3 Å². The predicted octanol–water partition coefficient (Wildman–Crippen LogP) is 5.86. The molecule has 1 saturated carbocycles. The van der Waals surface area contributed by atoms with Crippen LogP contribution in [0.1, 0.15) is 60.9 Å². The van der Waals surface area contributed by atoms with Crippen molar-refractivity contribution in [3.63, 3.8) is 0 Å². The first-order chi connectivity index (χ1) is 16.7. The van der Waals surface area contributed by atoms with E-state index < -0.39 is 0 Å². The Bertz CT molecular complexity index is 1120. The molecule has 5 rings (SSSR count). The van der Waals surface area contributed by atoms with E-state index in [-0.39, 0.29) is 17.8 Å². The average Bonchev–Trinajstić information content (AvgIpc) is 3.43. The molecule has 176 valence electrons. The maximum atomic E-state index is 14.9. The van der Waals surface area contributed by atoms with Crippen LogP contribution in [0.2, 0.25) is 0 Å². The van der Waals surface area contributed by atoms with Crippen LogP contribution >= 0.6 is 0 Å². The molecule has 1 aromatic heterocycles. The molecule has 2 heterocycles. The van der Waals surface area contributed by atoms with Gasteiger partial charge in [0, 0.05) is 37.4 Å². The van der Waals surface area contributed by atoms with Gasteiger partial charge in [0.1, 0.15) is 5.82 Å². The number of hydrogen-bond donors (Lipinski definition) is 0. The van der Waals surface area contributed by atoms with Crippen molar-refractivity contribution in [2.75, 3.05) is 18.0 Å². The average molecular weight is 459 g/mol. The Morgan fingerprint density at radius 1 is 0.941 bits per heavy atom. The number of nitrogens with zero attached hydrogens (tertiary/aromatic N) is 4. The standard InChI is InChI=1S/C28H31FN4O/c29-25-16-8-7-15-23(25)26-24(19-30-28(31-26)32-17-9-2-10-18-32)27(34)33(22-13-5-6-14-22)20-21-11-3-1-4-12-21/h1,3-4,7-8,11-12,15-16,19,22H,2,5-6,9-10,13-14,17-18,20H2. The Hall–Kier alpha value is -3.28. The van der Waals surface area contributed by atoms with E-state index in [1.807, 2.05) is 35.2 Å². The molecule has 5 nitrogen and oxygen atoms in total. The van der Waals surface area contributed by atoms with Gasteiger partial charge >= 0.3 is 0 Å². The highest BCUT2D eigenvalue weighted by Gasteiger charge is 2.31. The smallest absolute Gasteiger partial charge is 0.258 e. The summed E-state index contributed by atoms with van der Waals surface area (Å²) in [4.78, 5) is 27.5. The second-order valence-corrected chi connectivity index (χ2v) is 9.32. The Kier molecular flexibility index (Phi) is 6.84. The summed E-state index contributed by atoms with van der Waals surface area (Å²) in [5.41, 5.74) is 2.18. The zero-order valence-corrected chi connectivity index (χ0v) is 19.5. The van der Waals surface area contributed by atoms with E-state index in [9.17, 15) is 9.18 Å². The molecule has 3 aromatic rings. The third-order valence-corrected chi connectivity index (χ3v) is 7.00. The van der Waals surface area contributed by atoms with Crippen molar-refractivity contribution in [3.8, 4) is 11.3 Å². The largest absolute Gasteiger partial charge is 0.341 e. The number of anilines is 1. The summed E-state index contributed by atoms with van der Waals surface area (Å²) in [6, 6.07) is 16.8. The quantitative estimate of drug-likeness (QED) is 0.464. The number of rotatable bonds is 6. The van der Waals surface area contributed by atoms with Crippen LogP contribution in [0.5, 0.6) is 0 Å². The van der Waals surface area contributed by atoms with Gasteiger partial charge in [-0.05, 0) is 49.8 Å². The summed E-state index contributed by atoms with van der Waals surface area (Å²) in [7, 11) is 0. The summed E-state index contributed by atoms with van der Waals surface area (Å²) < 4.78 is 14.9. The van der Waals surface area contributed by atoms with Crippen molar-refractivity contribution < 1.29 is 9.18 Å². The Morgan fingerprint density at radius 2 is 1.65 bits per heavy atom. The van der Waals surface area contributed by atoms with E-state index in [0.29, 0.717) is 29.3 Å². The predicted molar refractivity (Wildman–Crippen MR) is 132 cm³/mol. The molecule has 0 bridgehead atoms. The monoisotopic (exact) mass is 458 g/mol. The van der Waals surface area contributed by atoms with Crippen LogP contribution < -0.4 is 4.90 Å².